The van der Waals surface area contributed by atoms with Crippen molar-refractivity contribution in [3.05, 3.63) is 29.8 Å². The lowest BCUT2D eigenvalue weighted by molar-refractivity contribution is -0.117. The molecule has 0 radical (unpaired) electrons. The van der Waals surface area contributed by atoms with Gasteiger partial charge in [-0.15, -0.1) is 0 Å². The number of amides is 2. The fraction of sp³-hybridized carbons (Fsp3) is 0.556. The van der Waals surface area contributed by atoms with Gasteiger partial charge in [0.15, 0.2) is 0 Å². The molecule has 4 unspecified atom stereocenters. The van der Waals surface area contributed by atoms with Crippen LogP contribution in [-0.4, -0.2) is 29.6 Å². The van der Waals surface area contributed by atoms with Gasteiger partial charge >= 0.3 is 0 Å². The SMILES string of the molecule is CCC(C)C(O)CNC(=O)c1cccc(NC(=O)C2CC2C)c1. The fourth-order valence-electron chi connectivity index (χ4n) is 2.43. The summed E-state index contributed by atoms with van der Waals surface area (Å²) < 4.78 is 0. The van der Waals surface area contributed by atoms with Gasteiger partial charge in [-0.1, -0.05) is 33.3 Å². The maximum atomic E-state index is 12.2. The number of aliphatic hydroxyl groups excluding tert-OH is 1. The maximum absolute atomic E-state index is 12.2. The van der Waals surface area contributed by atoms with E-state index in [4.69, 9.17) is 0 Å². The molecule has 1 aromatic carbocycles. The number of hydrogen-bond donors (Lipinski definition) is 3. The zero-order valence-electron chi connectivity index (χ0n) is 14.0. The van der Waals surface area contributed by atoms with E-state index in [0.717, 1.165) is 12.8 Å². The van der Waals surface area contributed by atoms with Crippen LogP contribution in [0.3, 0.4) is 0 Å². The molecule has 4 atom stereocenters. The molecular formula is C18H26N2O3. The minimum atomic E-state index is -0.553. The highest BCUT2D eigenvalue weighted by Gasteiger charge is 2.39. The predicted octanol–water partition coefficient (Wildman–Crippen LogP) is 2.42. The summed E-state index contributed by atoms with van der Waals surface area (Å²) in [6.07, 6.45) is 1.24. The first-order valence-corrected chi connectivity index (χ1v) is 8.29. The number of hydrogen-bond acceptors (Lipinski definition) is 3. The zero-order chi connectivity index (χ0) is 17.0. The van der Waals surface area contributed by atoms with E-state index in [1.54, 1.807) is 24.3 Å². The molecule has 1 aliphatic rings. The van der Waals surface area contributed by atoms with Crippen LogP contribution in [0.5, 0.6) is 0 Å². The molecule has 3 N–H and O–H groups in total. The molecule has 2 rings (SSSR count). The minimum absolute atomic E-state index is 0.0160. The highest BCUT2D eigenvalue weighted by molar-refractivity contribution is 5.98. The summed E-state index contributed by atoms with van der Waals surface area (Å²) >= 11 is 0. The van der Waals surface area contributed by atoms with Crippen LogP contribution in [-0.2, 0) is 4.79 Å². The Balaban J connectivity index is 1.90. The van der Waals surface area contributed by atoms with Crippen LogP contribution in [0.1, 0.15) is 44.0 Å². The van der Waals surface area contributed by atoms with Crippen molar-refractivity contribution in [2.45, 2.75) is 39.7 Å². The molecule has 1 aliphatic carbocycles. The van der Waals surface area contributed by atoms with E-state index in [1.807, 2.05) is 13.8 Å². The van der Waals surface area contributed by atoms with E-state index < -0.39 is 6.10 Å². The third-order valence-corrected chi connectivity index (χ3v) is 4.61. The van der Waals surface area contributed by atoms with Crippen LogP contribution in [0, 0.1) is 17.8 Å². The quantitative estimate of drug-likeness (QED) is 0.722. The van der Waals surface area contributed by atoms with Gasteiger partial charge in [-0.05, 0) is 36.5 Å². The van der Waals surface area contributed by atoms with Gasteiger partial charge < -0.3 is 15.7 Å². The van der Waals surface area contributed by atoms with Crippen LogP contribution in [0.4, 0.5) is 5.69 Å². The normalized spacial score (nSPS) is 22.1. The molecule has 0 aromatic heterocycles. The van der Waals surface area contributed by atoms with Crippen LogP contribution in [0.25, 0.3) is 0 Å². The Labute approximate surface area is 137 Å². The molecule has 5 heteroatoms. The number of carbonyl (C=O) groups is 2. The van der Waals surface area contributed by atoms with Crippen molar-refractivity contribution in [2.24, 2.45) is 17.8 Å². The lowest BCUT2D eigenvalue weighted by Crippen LogP contribution is -2.35. The van der Waals surface area contributed by atoms with Crippen molar-refractivity contribution in [3.8, 4) is 0 Å². The molecule has 0 spiro atoms. The number of benzene rings is 1. The van der Waals surface area contributed by atoms with Gasteiger partial charge in [-0.2, -0.15) is 0 Å². The van der Waals surface area contributed by atoms with E-state index in [1.165, 1.54) is 0 Å². The Morgan fingerprint density at radius 1 is 1.39 bits per heavy atom. The van der Waals surface area contributed by atoms with Crippen molar-refractivity contribution >= 4 is 17.5 Å². The van der Waals surface area contributed by atoms with Crippen molar-refractivity contribution < 1.29 is 14.7 Å². The summed E-state index contributed by atoms with van der Waals surface area (Å²) in [6, 6.07) is 6.87. The molecule has 2 amide bonds. The molecule has 1 aromatic rings. The number of rotatable bonds is 7. The summed E-state index contributed by atoms with van der Waals surface area (Å²) in [5.41, 5.74) is 1.10. The summed E-state index contributed by atoms with van der Waals surface area (Å²) in [5.74, 6) is 0.452. The molecule has 1 fully saturated rings. The monoisotopic (exact) mass is 318 g/mol. The first-order chi connectivity index (χ1) is 10.9. The van der Waals surface area contributed by atoms with Gasteiger partial charge in [0.1, 0.15) is 0 Å². The Morgan fingerprint density at radius 3 is 2.70 bits per heavy atom. The molecule has 0 saturated heterocycles. The Morgan fingerprint density at radius 2 is 2.09 bits per heavy atom. The van der Waals surface area contributed by atoms with Gasteiger partial charge in [0.25, 0.3) is 5.91 Å². The number of aliphatic hydroxyl groups is 1. The summed E-state index contributed by atoms with van der Waals surface area (Å²) in [4.78, 5) is 24.1. The van der Waals surface area contributed by atoms with E-state index in [-0.39, 0.29) is 30.2 Å². The fourth-order valence-corrected chi connectivity index (χ4v) is 2.43. The first kappa shape index (κ1) is 17.5. The number of carbonyl (C=O) groups excluding carboxylic acids is 2. The van der Waals surface area contributed by atoms with Crippen LogP contribution < -0.4 is 10.6 Å². The lowest BCUT2D eigenvalue weighted by Gasteiger charge is -2.17. The Hall–Kier alpha value is -1.88. The van der Waals surface area contributed by atoms with Crippen LogP contribution in [0.15, 0.2) is 24.3 Å². The van der Waals surface area contributed by atoms with E-state index >= 15 is 0 Å². The average molecular weight is 318 g/mol. The van der Waals surface area contributed by atoms with Crippen molar-refractivity contribution in [3.63, 3.8) is 0 Å². The maximum Gasteiger partial charge on any atom is 0.251 e. The second-order valence-corrected chi connectivity index (χ2v) is 6.55. The first-order valence-electron chi connectivity index (χ1n) is 8.29. The lowest BCUT2D eigenvalue weighted by atomic mass is 10.0. The summed E-state index contributed by atoms with van der Waals surface area (Å²) in [6.45, 7) is 6.23. The van der Waals surface area contributed by atoms with Gasteiger partial charge in [0.2, 0.25) is 5.91 Å². The highest BCUT2D eigenvalue weighted by atomic mass is 16.3. The standard InChI is InChI=1S/C18H26N2O3/c1-4-11(2)16(21)10-19-17(22)13-6-5-7-14(9-13)20-18(23)15-8-12(15)3/h5-7,9,11-12,15-16,21H,4,8,10H2,1-3H3,(H,19,22)(H,20,23). The number of anilines is 1. The molecular weight excluding hydrogens is 292 g/mol. The van der Waals surface area contributed by atoms with Gasteiger partial charge in [0.05, 0.1) is 6.10 Å². The summed E-state index contributed by atoms with van der Waals surface area (Å²) in [7, 11) is 0. The van der Waals surface area contributed by atoms with Gasteiger partial charge in [0, 0.05) is 23.7 Å². The van der Waals surface area contributed by atoms with Gasteiger partial charge in [-0.25, -0.2) is 0 Å². The second-order valence-electron chi connectivity index (χ2n) is 6.55. The van der Waals surface area contributed by atoms with Crippen molar-refractivity contribution in [1.29, 1.82) is 0 Å². The summed E-state index contributed by atoms with van der Waals surface area (Å²) in [5, 5.41) is 15.5. The second kappa shape index (κ2) is 7.59. The Kier molecular flexibility index (Phi) is 5.77. The molecule has 126 valence electrons. The van der Waals surface area contributed by atoms with Crippen molar-refractivity contribution in [1.82, 2.24) is 5.32 Å². The highest BCUT2D eigenvalue weighted by Crippen LogP contribution is 2.38. The van der Waals surface area contributed by atoms with Gasteiger partial charge in [-0.3, -0.25) is 9.59 Å². The van der Waals surface area contributed by atoms with Crippen LogP contribution in [0.2, 0.25) is 0 Å². The Bertz CT molecular complexity index is 573. The zero-order valence-corrected chi connectivity index (χ0v) is 14.0. The van der Waals surface area contributed by atoms with E-state index in [0.29, 0.717) is 17.2 Å². The van der Waals surface area contributed by atoms with E-state index in [2.05, 4.69) is 17.6 Å². The topological polar surface area (TPSA) is 78.4 Å². The molecule has 0 bridgehead atoms. The third kappa shape index (κ3) is 4.79. The van der Waals surface area contributed by atoms with Crippen molar-refractivity contribution in [2.75, 3.05) is 11.9 Å². The molecule has 5 nitrogen and oxygen atoms in total. The van der Waals surface area contributed by atoms with E-state index in [9.17, 15) is 14.7 Å². The van der Waals surface area contributed by atoms with Crippen LogP contribution >= 0.6 is 0 Å². The smallest absolute Gasteiger partial charge is 0.251 e. The largest absolute Gasteiger partial charge is 0.391 e. The predicted molar refractivity (Wildman–Crippen MR) is 90.1 cm³/mol. The minimum Gasteiger partial charge on any atom is -0.391 e. The molecule has 1 saturated carbocycles. The molecule has 0 aliphatic heterocycles. The molecule has 0 heterocycles. The number of nitrogens with one attached hydrogen (secondary N) is 2. The third-order valence-electron chi connectivity index (χ3n) is 4.61. The molecule has 23 heavy (non-hydrogen) atoms. The average Bonchev–Trinajstić information content (AvgIpc) is 3.28.